The van der Waals surface area contributed by atoms with Gasteiger partial charge in [0.25, 0.3) is 0 Å². The molecule has 25 heteroatoms. The Kier molecular flexibility index (Phi) is 20.0. The molecule has 0 saturated carbocycles. The third kappa shape index (κ3) is 15.9. The van der Waals surface area contributed by atoms with E-state index in [0.29, 0.717) is 11.1 Å². The van der Waals surface area contributed by atoms with Crippen molar-refractivity contribution >= 4 is 68.8 Å². The van der Waals surface area contributed by atoms with Crippen LogP contribution < -0.4 is 48.7 Å². The first-order valence-electron chi connectivity index (χ1n) is 19.8. The zero-order valence-corrected chi connectivity index (χ0v) is 36.1. The van der Waals surface area contributed by atoms with Crippen molar-refractivity contribution in [2.45, 2.75) is 80.6 Å². The van der Waals surface area contributed by atoms with Gasteiger partial charge in [-0.25, -0.2) is 0 Å². The lowest BCUT2D eigenvalue weighted by molar-refractivity contribution is -0.271. The van der Waals surface area contributed by atoms with Gasteiger partial charge in [0.1, 0.15) is 54.3 Å². The van der Waals surface area contributed by atoms with E-state index in [4.69, 9.17) is 20.9 Å². The molecule has 0 radical (unpaired) electrons. The molecule has 0 bridgehead atoms. The summed E-state index contributed by atoms with van der Waals surface area (Å²) < 4.78 is 11.3. The molecule has 4 rings (SSSR count). The van der Waals surface area contributed by atoms with Gasteiger partial charge in [-0.05, 0) is 29.7 Å². The Morgan fingerprint density at radius 3 is 2.25 bits per heavy atom. The first-order chi connectivity index (χ1) is 30.4. The van der Waals surface area contributed by atoms with Crippen molar-refractivity contribution in [3.63, 3.8) is 0 Å². The lowest BCUT2D eigenvalue weighted by atomic mass is 9.97. The third-order valence-corrected chi connectivity index (χ3v) is 12.1. The van der Waals surface area contributed by atoms with Crippen LogP contribution in [0.25, 0.3) is 0 Å². The molecule has 8 amide bonds. The number of carbonyl (C=O) groups is 8. The van der Waals surface area contributed by atoms with Gasteiger partial charge in [-0.1, -0.05) is 64.1 Å². The molecule has 0 unspecified atom stereocenters. The van der Waals surface area contributed by atoms with Gasteiger partial charge in [-0.3, -0.25) is 38.4 Å². The van der Waals surface area contributed by atoms with Crippen LogP contribution in [0.5, 0.6) is 5.75 Å². The fourth-order valence-electron chi connectivity index (χ4n) is 6.28. The highest BCUT2D eigenvalue weighted by Crippen LogP contribution is 2.25. The summed E-state index contributed by atoms with van der Waals surface area (Å²) in [6.45, 7) is -1.70. The van der Waals surface area contributed by atoms with Gasteiger partial charge >= 0.3 is 0 Å². The molecule has 2 aliphatic heterocycles. The molecule has 10 atom stereocenters. The number of benzene rings is 2. The Balaban J connectivity index is 1.58. The summed E-state index contributed by atoms with van der Waals surface area (Å²) in [5.74, 6) is -6.96. The average molecular weight is 936 g/mol. The van der Waals surface area contributed by atoms with E-state index >= 15 is 0 Å². The number of phenolic OH excluding ortho intramolecular Hbond substituents is 1. The molecule has 2 aliphatic rings. The monoisotopic (exact) mass is 935 g/mol. The van der Waals surface area contributed by atoms with E-state index in [1.54, 1.807) is 42.5 Å². The fourth-order valence-corrected chi connectivity index (χ4v) is 8.61. The van der Waals surface area contributed by atoms with Gasteiger partial charge in [0.05, 0.1) is 32.3 Å². The second-order valence-corrected chi connectivity index (χ2v) is 17.3. The molecular formula is C39H53N9O14S2. The van der Waals surface area contributed by atoms with Crippen LogP contribution in [0.2, 0.25) is 0 Å². The molecule has 2 heterocycles. The van der Waals surface area contributed by atoms with Crippen molar-refractivity contribution in [1.82, 2.24) is 37.2 Å². The predicted octanol–water partition coefficient (Wildman–Crippen LogP) is -5.48. The maximum atomic E-state index is 14.1. The highest BCUT2D eigenvalue weighted by Gasteiger charge is 2.46. The lowest BCUT2D eigenvalue weighted by Crippen LogP contribution is -2.65. The Bertz CT molecular complexity index is 1950. The number of amides is 8. The van der Waals surface area contributed by atoms with E-state index in [2.05, 4.69) is 37.2 Å². The highest BCUT2D eigenvalue weighted by atomic mass is 33.1. The number of aliphatic hydroxyl groups excluding tert-OH is 3. The zero-order valence-electron chi connectivity index (χ0n) is 34.5. The van der Waals surface area contributed by atoms with E-state index in [1.807, 2.05) is 0 Å². The second-order valence-electron chi connectivity index (χ2n) is 14.7. The number of ether oxygens (including phenoxy) is 2. The van der Waals surface area contributed by atoms with Gasteiger partial charge in [-0.2, -0.15) is 0 Å². The van der Waals surface area contributed by atoms with Crippen molar-refractivity contribution in [1.29, 1.82) is 0 Å². The maximum Gasteiger partial charge on any atom is 0.245 e. The fraction of sp³-hybridized carbons (Fsp3) is 0.487. The van der Waals surface area contributed by atoms with Gasteiger partial charge in [0.2, 0.25) is 47.3 Å². The topological polar surface area (TPSA) is 372 Å². The van der Waals surface area contributed by atoms with E-state index in [0.717, 1.165) is 28.5 Å². The predicted molar refractivity (Wildman–Crippen MR) is 229 cm³/mol. The van der Waals surface area contributed by atoms with Crippen LogP contribution in [0.1, 0.15) is 18.1 Å². The number of nitrogens with one attached hydrogen (secondary N) is 7. The van der Waals surface area contributed by atoms with Crippen LogP contribution in [-0.4, -0.2) is 166 Å². The minimum atomic E-state index is -1.71. The molecular weight excluding hydrogens is 883 g/mol. The Morgan fingerprint density at radius 1 is 0.906 bits per heavy atom. The molecule has 2 fully saturated rings. The van der Waals surface area contributed by atoms with Crippen LogP contribution >= 0.6 is 21.6 Å². The maximum absolute atomic E-state index is 14.1. The van der Waals surface area contributed by atoms with Crippen molar-refractivity contribution in [2.75, 3.05) is 37.8 Å². The van der Waals surface area contributed by atoms with Crippen molar-refractivity contribution in [3.8, 4) is 5.75 Å². The molecule has 2 aromatic carbocycles. The third-order valence-electron chi connectivity index (χ3n) is 9.65. The minimum Gasteiger partial charge on any atom is -0.508 e. The highest BCUT2D eigenvalue weighted by molar-refractivity contribution is 8.76. The number of nitrogens with two attached hydrogens (primary N) is 2. The number of hydrogen-bond donors (Lipinski definition) is 13. The van der Waals surface area contributed by atoms with Gasteiger partial charge < -0.3 is 78.6 Å². The van der Waals surface area contributed by atoms with Crippen LogP contribution in [0.15, 0.2) is 54.6 Å². The Labute approximate surface area is 374 Å². The number of aromatic hydroxyl groups is 1. The summed E-state index contributed by atoms with van der Waals surface area (Å²) in [5, 5.41) is 57.7. The van der Waals surface area contributed by atoms with Gasteiger partial charge in [0, 0.05) is 24.9 Å². The lowest BCUT2D eigenvalue weighted by Gasteiger charge is -2.42. The molecule has 350 valence electrons. The number of aliphatic hydroxyl groups is 3. The molecule has 15 N–H and O–H groups in total. The molecule has 2 aromatic rings. The zero-order chi connectivity index (χ0) is 46.9. The summed E-state index contributed by atoms with van der Waals surface area (Å²) in [6, 6.07) is 6.38. The van der Waals surface area contributed by atoms with Crippen molar-refractivity contribution < 1.29 is 68.3 Å². The van der Waals surface area contributed by atoms with Gasteiger partial charge in [-0.15, -0.1) is 0 Å². The Hall–Kier alpha value is -5.54. The van der Waals surface area contributed by atoms with Crippen LogP contribution in [0, 0.1) is 0 Å². The molecule has 2 saturated heterocycles. The van der Waals surface area contributed by atoms with Crippen molar-refractivity contribution in [3.05, 3.63) is 65.7 Å². The SMILES string of the molecule is CC(=O)N[C@H]1[C@H](OC[C@H](NC(=O)[C@H]2CSSC[C@@H](NC(=O)[C@@H](N)Cc3ccc(O)cc3)C(=O)NCC(=O)N[C@@H](Cc3ccccc3)C(=O)N2)C(=O)NCC(N)=O)O[C@H](CO)[C@@H](O)[C@@H]1O. The van der Waals surface area contributed by atoms with Gasteiger partial charge in [0.15, 0.2) is 6.29 Å². The van der Waals surface area contributed by atoms with E-state index in [9.17, 15) is 58.8 Å². The number of phenols is 1. The summed E-state index contributed by atoms with van der Waals surface area (Å²) in [7, 11) is 2.02. The van der Waals surface area contributed by atoms with Crippen LogP contribution in [0.3, 0.4) is 0 Å². The number of primary amides is 1. The Morgan fingerprint density at radius 2 is 1.59 bits per heavy atom. The summed E-state index contributed by atoms with van der Waals surface area (Å²) >= 11 is 0. The number of hydrogen-bond acceptors (Lipinski definition) is 17. The largest absolute Gasteiger partial charge is 0.508 e. The number of carbonyl (C=O) groups excluding carboxylic acids is 8. The van der Waals surface area contributed by atoms with E-state index < -0.39 is 134 Å². The second kappa shape index (κ2) is 25.1. The van der Waals surface area contributed by atoms with Crippen molar-refractivity contribution in [2.24, 2.45) is 11.5 Å². The van der Waals surface area contributed by atoms with Crippen LogP contribution in [-0.2, 0) is 60.7 Å². The summed E-state index contributed by atoms with van der Waals surface area (Å²) in [5.41, 5.74) is 12.6. The number of rotatable bonds is 16. The summed E-state index contributed by atoms with van der Waals surface area (Å²) in [4.78, 5) is 105. The normalized spacial score (nSPS) is 25.4. The van der Waals surface area contributed by atoms with Crippen LogP contribution in [0.4, 0.5) is 0 Å². The molecule has 23 nitrogen and oxygen atoms in total. The smallest absolute Gasteiger partial charge is 0.245 e. The minimum absolute atomic E-state index is 0.0194. The first-order valence-corrected chi connectivity index (χ1v) is 22.3. The molecule has 0 spiro atoms. The first kappa shape index (κ1) is 51.1. The standard InChI is InChI=1S/C39H53N9O14S2/c1-19(50)44-31-33(55)32(54)28(15-49)62-39(31)61-16-25(35(57)42-13-29(41)52)46-38(60)27-18-64-63-17-26(47-34(56)23(40)11-21-7-9-22(51)10-8-21)36(58)43-14-30(53)45-24(37(59)48-27)12-20-5-3-2-4-6-20/h2-10,23-28,31-33,39,49,51,54-55H,11-18,40H2,1H3,(H2,41,52)(H,42,57)(H,43,58)(H,44,50)(H,45,53)(H,46,60)(H,47,56)(H,48,59)/t23-,24-,25-,26+,27+,28+,31+,32+,33+,39+/m0/s1. The summed E-state index contributed by atoms with van der Waals surface area (Å²) in [6.07, 6.45) is -6.35. The molecule has 64 heavy (non-hydrogen) atoms. The average Bonchev–Trinajstić information content (AvgIpc) is 3.26. The quantitative estimate of drug-likeness (QED) is 0.0699. The molecule has 0 aliphatic carbocycles. The van der Waals surface area contributed by atoms with E-state index in [1.165, 1.54) is 12.1 Å². The van der Waals surface area contributed by atoms with E-state index in [-0.39, 0.29) is 30.1 Å². The molecule has 0 aromatic heterocycles.